The van der Waals surface area contributed by atoms with Crippen molar-refractivity contribution in [2.75, 3.05) is 0 Å². The molecular formula is C11H16N4O. The fourth-order valence-electron chi connectivity index (χ4n) is 1.36. The minimum atomic E-state index is -0.609. The molecule has 1 rings (SSSR count). The zero-order chi connectivity index (χ0) is 12.1. The Hall–Kier alpha value is -1.67. The van der Waals surface area contributed by atoms with Crippen LogP contribution < -0.4 is 5.73 Å². The molecule has 86 valence electrons. The average molecular weight is 220 g/mol. The maximum atomic E-state index is 11.7. The molecule has 1 aromatic heterocycles. The summed E-state index contributed by atoms with van der Waals surface area (Å²) in [6, 6.07) is -0.434. The van der Waals surface area contributed by atoms with Gasteiger partial charge in [0, 0.05) is 12.5 Å². The second-order valence-corrected chi connectivity index (χ2v) is 3.87. The molecule has 5 nitrogen and oxygen atoms in total. The molecule has 0 saturated heterocycles. The van der Waals surface area contributed by atoms with Crippen molar-refractivity contribution in [1.29, 1.82) is 0 Å². The van der Waals surface area contributed by atoms with E-state index in [1.165, 1.54) is 6.33 Å². The quantitative estimate of drug-likeness (QED) is 0.725. The molecular weight excluding hydrogens is 204 g/mol. The number of rotatable bonds is 5. The van der Waals surface area contributed by atoms with E-state index < -0.39 is 6.04 Å². The minimum Gasteiger partial charge on any atom is -0.321 e. The first-order chi connectivity index (χ1) is 7.56. The Kier molecular flexibility index (Phi) is 4.20. The summed E-state index contributed by atoms with van der Waals surface area (Å²) < 4.78 is 1.71. The van der Waals surface area contributed by atoms with Crippen molar-refractivity contribution in [1.82, 2.24) is 14.8 Å². The number of aromatic nitrogens is 3. The standard InChI is InChI=1S/C11H16N4O/c1-4-5-9(12)10(16)6-11-13-7-14-15(11)8(2)3/h1,7-9H,5-6,12H2,2-3H3. The van der Waals surface area contributed by atoms with E-state index in [0.29, 0.717) is 5.82 Å². The Labute approximate surface area is 95.0 Å². The number of ketones is 1. The van der Waals surface area contributed by atoms with E-state index in [1.807, 2.05) is 13.8 Å². The van der Waals surface area contributed by atoms with Crippen LogP contribution in [0.2, 0.25) is 0 Å². The summed E-state index contributed by atoms with van der Waals surface area (Å²) in [7, 11) is 0. The zero-order valence-corrected chi connectivity index (χ0v) is 9.55. The van der Waals surface area contributed by atoms with Gasteiger partial charge in [0.1, 0.15) is 12.2 Å². The summed E-state index contributed by atoms with van der Waals surface area (Å²) in [4.78, 5) is 15.7. The molecule has 1 atom stereocenters. The molecule has 0 amide bonds. The van der Waals surface area contributed by atoms with Crippen molar-refractivity contribution < 1.29 is 4.79 Å². The predicted octanol–water partition coefficient (Wildman–Crippen LogP) is 0.321. The van der Waals surface area contributed by atoms with Crippen molar-refractivity contribution in [2.24, 2.45) is 5.73 Å². The lowest BCUT2D eigenvalue weighted by atomic mass is 10.1. The van der Waals surface area contributed by atoms with E-state index >= 15 is 0 Å². The number of nitrogens with two attached hydrogens (primary N) is 1. The van der Waals surface area contributed by atoms with E-state index in [4.69, 9.17) is 12.2 Å². The Balaban J connectivity index is 2.70. The molecule has 0 saturated carbocycles. The fourth-order valence-corrected chi connectivity index (χ4v) is 1.36. The summed E-state index contributed by atoms with van der Waals surface area (Å²) in [6.45, 7) is 3.95. The van der Waals surface area contributed by atoms with Gasteiger partial charge in [0.15, 0.2) is 5.78 Å². The van der Waals surface area contributed by atoms with E-state index in [9.17, 15) is 4.79 Å². The monoisotopic (exact) mass is 220 g/mol. The smallest absolute Gasteiger partial charge is 0.158 e. The Morgan fingerprint density at radius 3 is 2.94 bits per heavy atom. The summed E-state index contributed by atoms with van der Waals surface area (Å²) in [5.41, 5.74) is 5.62. The zero-order valence-electron chi connectivity index (χ0n) is 9.55. The van der Waals surface area contributed by atoms with Crippen molar-refractivity contribution >= 4 is 5.78 Å². The Bertz CT molecular complexity index is 402. The fraction of sp³-hybridized carbons (Fsp3) is 0.545. The van der Waals surface area contributed by atoms with Crippen LogP contribution in [-0.2, 0) is 11.2 Å². The third kappa shape index (κ3) is 2.91. The first-order valence-corrected chi connectivity index (χ1v) is 5.16. The van der Waals surface area contributed by atoms with E-state index in [-0.39, 0.29) is 24.7 Å². The van der Waals surface area contributed by atoms with Crippen LogP contribution >= 0.6 is 0 Å². The maximum absolute atomic E-state index is 11.7. The van der Waals surface area contributed by atoms with E-state index in [2.05, 4.69) is 16.0 Å². The van der Waals surface area contributed by atoms with Gasteiger partial charge in [-0.05, 0) is 13.8 Å². The van der Waals surface area contributed by atoms with E-state index in [1.54, 1.807) is 4.68 Å². The van der Waals surface area contributed by atoms with E-state index in [0.717, 1.165) is 0 Å². The second kappa shape index (κ2) is 5.42. The van der Waals surface area contributed by atoms with Gasteiger partial charge < -0.3 is 5.73 Å². The minimum absolute atomic E-state index is 0.104. The molecule has 0 aliphatic heterocycles. The Morgan fingerprint density at radius 1 is 1.69 bits per heavy atom. The van der Waals surface area contributed by atoms with Crippen LogP contribution in [0.3, 0.4) is 0 Å². The van der Waals surface area contributed by atoms with Crippen LogP contribution in [0, 0.1) is 12.3 Å². The van der Waals surface area contributed by atoms with Crippen LogP contribution in [0.1, 0.15) is 32.1 Å². The highest BCUT2D eigenvalue weighted by atomic mass is 16.1. The van der Waals surface area contributed by atoms with Gasteiger partial charge in [-0.25, -0.2) is 9.67 Å². The van der Waals surface area contributed by atoms with Crippen molar-refractivity contribution in [3.8, 4) is 12.3 Å². The van der Waals surface area contributed by atoms with Gasteiger partial charge in [0.2, 0.25) is 0 Å². The highest BCUT2D eigenvalue weighted by Gasteiger charge is 2.17. The van der Waals surface area contributed by atoms with Crippen molar-refractivity contribution in [3.05, 3.63) is 12.2 Å². The van der Waals surface area contributed by atoms with Gasteiger partial charge >= 0.3 is 0 Å². The van der Waals surface area contributed by atoms with Crippen LogP contribution in [0.4, 0.5) is 0 Å². The molecule has 0 radical (unpaired) electrons. The number of carbonyl (C=O) groups excluding carboxylic acids is 1. The van der Waals surface area contributed by atoms with Gasteiger partial charge in [-0.15, -0.1) is 12.3 Å². The number of Topliss-reactive ketones (excluding diaryl/α,β-unsaturated/α-hetero) is 1. The lowest BCUT2D eigenvalue weighted by Crippen LogP contribution is -2.32. The molecule has 0 bridgehead atoms. The highest BCUT2D eigenvalue weighted by molar-refractivity contribution is 5.85. The summed E-state index contributed by atoms with van der Waals surface area (Å²) in [5, 5.41) is 4.05. The number of hydrogen-bond acceptors (Lipinski definition) is 4. The first-order valence-electron chi connectivity index (χ1n) is 5.16. The van der Waals surface area contributed by atoms with Crippen LogP contribution in [0.15, 0.2) is 6.33 Å². The lowest BCUT2D eigenvalue weighted by Gasteiger charge is -2.10. The first kappa shape index (κ1) is 12.4. The molecule has 1 heterocycles. The van der Waals surface area contributed by atoms with Gasteiger partial charge in [-0.3, -0.25) is 4.79 Å². The number of hydrogen-bond donors (Lipinski definition) is 1. The van der Waals surface area contributed by atoms with Crippen LogP contribution in [0.5, 0.6) is 0 Å². The van der Waals surface area contributed by atoms with Gasteiger partial charge in [0.05, 0.1) is 12.5 Å². The molecule has 16 heavy (non-hydrogen) atoms. The molecule has 0 aromatic carbocycles. The average Bonchev–Trinajstić information content (AvgIpc) is 2.66. The lowest BCUT2D eigenvalue weighted by molar-refractivity contribution is -0.119. The van der Waals surface area contributed by atoms with Crippen LogP contribution in [0.25, 0.3) is 0 Å². The van der Waals surface area contributed by atoms with Gasteiger partial charge in [-0.1, -0.05) is 0 Å². The molecule has 0 aliphatic rings. The van der Waals surface area contributed by atoms with Gasteiger partial charge in [-0.2, -0.15) is 5.10 Å². The summed E-state index contributed by atoms with van der Waals surface area (Å²) in [6.07, 6.45) is 6.98. The van der Waals surface area contributed by atoms with Crippen LogP contribution in [-0.4, -0.2) is 26.6 Å². The predicted molar refractivity (Wildman–Crippen MR) is 60.5 cm³/mol. The highest BCUT2D eigenvalue weighted by Crippen LogP contribution is 2.07. The topological polar surface area (TPSA) is 73.8 Å². The molecule has 0 spiro atoms. The third-order valence-electron chi connectivity index (χ3n) is 2.22. The molecule has 0 fully saturated rings. The second-order valence-electron chi connectivity index (χ2n) is 3.87. The molecule has 5 heteroatoms. The molecule has 1 aromatic rings. The number of carbonyl (C=O) groups is 1. The number of terminal acetylenes is 1. The third-order valence-corrected chi connectivity index (χ3v) is 2.22. The maximum Gasteiger partial charge on any atom is 0.158 e. The van der Waals surface area contributed by atoms with Crippen molar-refractivity contribution in [2.45, 2.75) is 38.8 Å². The summed E-state index contributed by atoms with van der Waals surface area (Å²) in [5.74, 6) is 2.90. The molecule has 0 aliphatic carbocycles. The SMILES string of the molecule is C#CCC(N)C(=O)Cc1ncnn1C(C)C. The largest absolute Gasteiger partial charge is 0.321 e. The normalized spacial score (nSPS) is 12.4. The van der Waals surface area contributed by atoms with Gasteiger partial charge in [0.25, 0.3) is 0 Å². The Morgan fingerprint density at radius 2 is 2.38 bits per heavy atom. The number of nitrogens with zero attached hydrogens (tertiary/aromatic N) is 3. The molecule has 1 unspecified atom stereocenters. The summed E-state index contributed by atoms with van der Waals surface area (Å²) >= 11 is 0. The van der Waals surface area contributed by atoms with Crippen molar-refractivity contribution in [3.63, 3.8) is 0 Å². The molecule has 2 N–H and O–H groups in total.